The second-order valence-electron chi connectivity index (χ2n) is 5.50. The summed E-state index contributed by atoms with van der Waals surface area (Å²) in [5, 5.41) is 3.39. The Morgan fingerprint density at radius 3 is 2.53 bits per heavy atom. The summed E-state index contributed by atoms with van der Waals surface area (Å²) in [5.74, 6) is 0. The molecule has 1 fully saturated rings. The third-order valence-electron chi connectivity index (χ3n) is 3.50. The molecule has 88 valence electrons. The van der Waals surface area contributed by atoms with Crippen LogP contribution in [0.2, 0.25) is 0 Å². The maximum absolute atomic E-state index is 3.71. The van der Waals surface area contributed by atoms with Gasteiger partial charge in [-0.3, -0.25) is 4.90 Å². The third-order valence-corrected chi connectivity index (χ3v) is 3.50. The van der Waals surface area contributed by atoms with E-state index in [-0.39, 0.29) is 0 Å². The van der Waals surface area contributed by atoms with E-state index >= 15 is 0 Å². The summed E-state index contributed by atoms with van der Waals surface area (Å²) in [6.07, 6.45) is 4.59. The van der Waals surface area contributed by atoms with Crippen molar-refractivity contribution in [3.8, 4) is 0 Å². The summed E-state index contributed by atoms with van der Waals surface area (Å²) in [7, 11) is 0. The number of piperidine rings is 1. The van der Waals surface area contributed by atoms with Crippen molar-refractivity contribution in [2.75, 3.05) is 26.2 Å². The molecule has 0 bridgehead atoms. The van der Waals surface area contributed by atoms with Gasteiger partial charge >= 0.3 is 0 Å². The smallest absolute Gasteiger partial charge is 0.0192 e. The van der Waals surface area contributed by atoms with E-state index in [0.717, 1.165) is 13.1 Å². The first kappa shape index (κ1) is 12.7. The fourth-order valence-electron chi connectivity index (χ4n) is 2.09. The van der Waals surface area contributed by atoms with Crippen molar-refractivity contribution < 1.29 is 0 Å². The SMILES string of the molecule is C=CCNCC(C)N1CCC(C)(C)CC1. The van der Waals surface area contributed by atoms with Gasteiger partial charge in [0.25, 0.3) is 0 Å². The lowest BCUT2D eigenvalue weighted by Gasteiger charge is -2.40. The maximum atomic E-state index is 3.71. The number of likely N-dealkylation sites (tertiary alicyclic amines) is 1. The van der Waals surface area contributed by atoms with Gasteiger partial charge in [-0.15, -0.1) is 6.58 Å². The molecule has 1 heterocycles. The molecule has 0 amide bonds. The van der Waals surface area contributed by atoms with Gasteiger partial charge in [0.1, 0.15) is 0 Å². The number of hydrogen-bond donors (Lipinski definition) is 1. The van der Waals surface area contributed by atoms with Crippen molar-refractivity contribution in [1.82, 2.24) is 10.2 Å². The Morgan fingerprint density at radius 2 is 2.00 bits per heavy atom. The van der Waals surface area contributed by atoms with Crippen LogP contribution >= 0.6 is 0 Å². The standard InChI is InChI=1S/C13H26N2/c1-5-8-14-11-12(2)15-9-6-13(3,4)7-10-15/h5,12,14H,1,6-11H2,2-4H3. The Kier molecular flexibility index (Phi) is 4.81. The Bertz CT molecular complexity index is 189. The molecule has 0 aliphatic carbocycles. The quantitative estimate of drug-likeness (QED) is 0.553. The topological polar surface area (TPSA) is 15.3 Å². The van der Waals surface area contributed by atoms with E-state index in [9.17, 15) is 0 Å². The number of rotatable bonds is 5. The van der Waals surface area contributed by atoms with Gasteiger partial charge < -0.3 is 5.32 Å². The van der Waals surface area contributed by atoms with E-state index < -0.39 is 0 Å². The monoisotopic (exact) mass is 210 g/mol. The molecule has 2 nitrogen and oxygen atoms in total. The van der Waals surface area contributed by atoms with Crippen LogP contribution in [-0.2, 0) is 0 Å². The highest BCUT2D eigenvalue weighted by Gasteiger charge is 2.27. The normalized spacial score (nSPS) is 23.7. The predicted molar refractivity (Wildman–Crippen MR) is 67.1 cm³/mol. The van der Waals surface area contributed by atoms with E-state index in [0.29, 0.717) is 11.5 Å². The third kappa shape index (κ3) is 4.35. The molecule has 0 aromatic heterocycles. The van der Waals surface area contributed by atoms with Crippen LogP contribution in [0.1, 0.15) is 33.6 Å². The molecule has 0 aromatic rings. The molecule has 0 saturated carbocycles. The molecule has 0 radical (unpaired) electrons. The minimum absolute atomic E-state index is 0.560. The maximum Gasteiger partial charge on any atom is 0.0192 e. The van der Waals surface area contributed by atoms with Crippen molar-refractivity contribution in [2.45, 2.75) is 39.7 Å². The van der Waals surface area contributed by atoms with Crippen LogP contribution in [0.25, 0.3) is 0 Å². The summed E-state index contributed by atoms with van der Waals surface area (Å²) in [6.45, 7) is 15.3. The minimum atomic E-state index is 0.560. The van der Waals surface area contributed by atoms with Gasteiger partial charge in [-0.25, -0.2) is 0 Å². The van der Waals surface area contributed by atoms with Crippen LogP contribution in [0.4, 0.5) is 0 Å². The lowest BCUT2D eigenvalue weighted by atomic mass is 9.82. The van der Waals surface area contributed by atoms with E-state index in [2.05, 4.69) is 37.6 Å². The van der Waals surface area contributed by atoms with Crippen LogP contribution in [-0.4, -0.2) is 37.1 Å². The van der Waals surface area contributed by atoms with Crippen LogP contribution in [0.15, 0.2) is 12.7 Å². The number of hydrogen-bond acceptors (Lipinski definition) is 2. The van der Waals surface area contributed by atoms with Gasteiger partial charge in [-0.05, 0) is 38.3 Å². The fraction of sp³-hybridized carbons (Fsp3) is 0.846. The highest BCUT2D eigenvalue weighted by molar-refractivity contribution is 4.82. The van der Waals surface area contributed by atoms with Crippen LogP contribution in [0.5, 0.6) is 0 Å². The highest BCUT2D eigenvalue weighted by Crippen LogP contribution is 2.30. The lowest BCUT2D eigenvalue weighted by molar-refractivity contribution is 0.100. The molecule has 0 aromatic carbocycles. The molecular formula is C13H26N2. The zero-order valence-corrected chi connectivity index (χ0v) is 10.6. The van der Waals surface area contributed by atoms with E-state index in [4.69, 9.17) is 0 Å². The molecule has 1 unspecified atom stereocenters. The first-order chi connectivity index (χ1) is 7.05. The van der Waals surface area contributed by atoms with Crippen molar-refractivity contribution in [2.24, 2.45) is 5.41 Å². The zero-order valence-electron chi connectivity index (χ0n) is 10.6. The average Bonchev–Trinajstić information content (AvgIpc) is 2.18. The summed E-state index contributed by atoms with van der Waals surface area (Å²) >= 11 is 0. The number of nitrogens with zero attached hydrogens (tertiary/aromatic N) is 1. The van der Waals surface area contributed by atoms with Gasteiger partial charge in [0.05, 0.1) is 0 Å². The molecular weight excluding hydrogens is 184 g/mol. The molecule has 1 atom stereocenters. The van der Waals surface area contributed by atoms with Crippen molar-refractivity contribution in [3.63, 3.8) is 0 Å². The summed E-state index contributed by atoms with van der Waals surface area (Å²) in [4.78, 5) is 2.60. The Morgan fingerprint density at radius 1 is 1.40 bits per heavy atom. The molecule has 1 saturated heterocycles. The molecule has 1 N–H and O–H groups in total. The summed E-state index contributed by atoms with van der Waals surface area (Å²) < 4.78 is 0. The molecule has 2 heteroatoms. The van der Waals surface area contributed by atoms with Crippen molar-refractivity contribution >= 4 is 0 Å². The first-order valence-electron chi connectivity index (χ1n) is 6.11. The van der Waals surface area contributed by atoms with Crippen LogP contribution in [0.3, 0.4) is 0 Å². The fourth-order valence-corrected chi connectivity index (χ4v) is 2.09. The van der Waals surface area contributed by atoms with Gasteiger partial charge in [0, 0.05) is 19.1 Å². The van der Waals surface area contributed by atoms with E-state index in [1.807, 2.05) is 6.08 Å². The largest absolute Gasteiger partial charge is 0.312 e. The molecule has 1 aliphatic rings. The Balaban J connectivity index is 2.23. The zero-order chi connectivity index (χ0) is 11.3. The Labute approximate surface area is 94.7 Å². The summed E-state index contributed by atoms with van der Waals surface area (Å²) in [5.41, 5.74) is 0.560. The van der Waals surface area contributed by atoms with Gasteiger partial charge in [-0.2, -0.15) is 0 Å². The van der Waals surface area contributed by atoms with Crippen molar-refractivity contribution in [3.05, 3.63) is 12.7 Å². The molecule has 0 spiro atoms. The number of nitrogens with one attached hydrogen (secondary N) is 1. The molecule has 1 rings (SSSR count). The van der Waals surface area contributed by atoms with Crippen molar-refractivity contribution in [1.29, 1.82) is 0 Å². The van der Waals surface area contributed by atoms with Crippen LogP contribution in [0, 0.1) is 5.41 Å². The minimum Gasteiger partial charge on any atom is -0.312 e. The van der Waals surface area contributed by atoms with E-state index in [1.165, 1.54) is 25.9 Å². The molecule has 15 heavy (non-hydrogen) atoms. The highest BCUT2D eigenvalue weighted by atomic mass is 15.2. The Hall–Kier alpha value is -0.340. The second kappa shape index (κ2) is 5.66. The van der Waals surface area contributed by atoms with Crippen LogP contribution < -0.4 is 5.32 Å². The first-order valence-corrected chi connectivity index (χ1v) is 6.11. The van der Waals surface area contributed by atoms with Gasteiger partial charge in [-0.1, -0.05) is 19.9 Å². The average molecular weight is 210 g/mol. The molecule has 1 aliphatic heterocycles. The van der Waals surface area contributed by atoms with Gasteiger partial charge in [0.2, 0.25) is 0 Å². The van der Waals surface area contributed by atoms with Gasteiger partial charge in [0.15, 0.2) is 0 Å². The lowest BCUT2D eigenvalue weighted by Crippen LogP contribution is -2.46. The summed E-state index contributed by atoms with van der Waals surface area (Å²) in [6, 6.07) is 0.654. The van der Waals surface area contributed by atoms with E-state index in [1.54, 1.807) is 0 Å². The second-order valence-corrected chi connectivity index (χ2v) is 5.50. The predicted octanol–water partition coefficient (Wildman–Crippen LogP) is 2.27.